The molecule has 0 saturated carbocycles. The number of hydrogen-bond acceptors (Lipinski definition) is 2. The molecule has 0 aliphatic rings. The summed E-state index contributed by atoms with van der Waals surface area (Å²) in [5.41, 5.74) is 2.72. The van der Waals surface area contributed by atoms with E-state index >= 15 is 0 Å². The number of aromatic nitrogens is 3. The summed E-state index contributed by atoms with van der Waals surface area (Å²) in [7, 11) is 3.66. The first kappa shape index (κ1) is 10.8. The Labute approximate surface area is 104 Å². The molecule has 1 aromatic carbocycles. The fourth-order valence-electron chi connectivity index (χ4n) is 2.15. The van der Waals surface area contributed by atoms with Gasteiger partial charge in [-0.05, 0) is 29.8 Å². The second kappa shape index (κ2) is 3.84. The summed E-state index contributed by atoms with van der Waals surface area (Å²) in [4.78, 5) is 12.1. The van der Waals surface area contributed by atoms with Gasteiger partial charge in [-0.25, -0.2) is 0 Å². The monoisotopic (exact) mass is 239 g/mol. The molecule has 18 heavy (non-hydrogen) atoms. The minimum absolute atomic E-state index is 0.0146. The van der Waals surface area contributed by atoms with Crippen molar-refractivity contribution < 1.29 is 0 Å². The molecule has 2 aromatic heterocycles. The number of hydrogen-bond donors (Lipinski definition) is 0. The minimum atomic E-state index is 0.0146. The van der Waals surface area contributed by atoms with Crippen molar-refractivity contribution in [3.63, 3.8) is 0 Å². The Bertz CT molecular complexity index is 783. The zero-order valence-electron chi connectivity index (χ0n) is 10.3. The van der Waals surface area contributed by atoms with Crippen LogP contribution in [-0.2, 0) is 14.1 Å². The van der Waals surface area contributed by atoms with Gasteiger partial charge in [0.2, 0.25) is 0 Å². The van der Waals surface area contributed by atoms with E-state index in [2.05, 4.69) is 5.10 Å². The molecule has 0 radical (unpaired) electrons. The Hall–Kier alpha value is -2.36. The number of benzene rings is 1. The number of aryl methyl sites for hydroxylation is 2. The van der Waals surface area contributed by atoms with Crippen molar-refractivity contribution in [1.82, 2.24) is 14.3 Å². The van der Waals surface area contributed by atoms with Gasteiger partial charge in [-0.15, -0.1) is 0 Å². The van der Waals surface area contributed by atoms with Gasteiger partial charge >= 0.3 is 0 Å². The van der Waals surface area contributed by atoms with E-state index in [4.69, 9.17) is 0 Å². The average molecular weight is 239 g/mol. The number of fused-ring (bicyclic) bond motifs is 1. The Morgan fingerprint density at radius 1 is 1.17 bits per heavy atom. The fraction of sp³-hybridized carbons (Fsp3) is 0.143. The largest absolute Gasteiger partial charge is 0.318 e. The molecule has 0 aliphatic heterocycles. The highest BCUT2D eigenvalue weighted by Crippen LogP contribution is 2.21. The molecule has 90 valence electrons. The van der Waals surface area contributed by atoms with E-state index in [0.29, 0.717) is 5.56 Å². The topological polar surface area (TPSA) is 39.8 Å². The molecule has 0 bridgehead atoms. The number of pyridine rings is 1. The standard InChI is InChI=1S/C14H13N3O/c1-16-7-3-4-12(14(16)18)10-5-6-13-11(8-10)9-15-17(13)2/h3-9H,1-2H3. The zero-order valence-corrected chi connectivity index (χ0v) is 10.3. The maximum absolute atomic E-state index is 12.1. The van der Waals surface area contributed by atoms with E-state index in [1.807, 2.05) is 48.3 Å². The van der Waals surface area contributed by atoms with Gasteiger partial charge in [-0.1, -0.05) is 6.07 Å². The van der Waals surface area contributed by atoms with Crippen molar-refractivity contribution in [1.29, 1.82) is 0 Å². The molecule has 3 aromatic rings. The van der Waals surface area contributed by atoms with E-state index in [-0.39, 0.29) is 5.56 Å². The molecular weight excluding hydrogens is 226 g/mol. The first-order chi connectivity index (χ1) is 8.66. The molecule has 2 heterocycles. The normalized spacial score (nSPS) is 11.0. The molecule has 0 N–H and O–H groups in total. The SMILES string of the molecule is Cn1cccc(-c2ccc3c(cnn3C)c2)c1=O. The van der Waals surface area contributed by atoms with Crippen LogP contribution in [0.4, 0.5) is 0 Å². The quantitative estimate of drug-likeness (QED) is 0.651. The van der Waals surface area contributed by atoms with Crippen LogP contribution in [0.3, 0.4) is 0 Å². The Kier molecular flexibility index (Phi) is 2.30. The third kappa shape index (κ3) is 1.54. The van der Waals surface area contributed by atoms with Crippen LogP contribution in [0.2, 0.25) is 0 Å². The van der Waals surface area contributed by atoms with Crippen molar-refractivity contribution in [3.8, 4) is 11.1 Å². The predicted octanol–water partition coefficient (Wildman–Crippen LogP) is 1.94. The van der Waals surface area contributed by atoms with Crippen LogP contribution in [0.5, 0.6) is 0 Å². The second-order valence-corrected chi connectivity index (χ2v) is 4.38. The van der Waals surface area contributed by atoms with Crippen molar-refractivity contribution in [2.75, 3.05) is 0 Å². The molecular formula is C14H13N3O. The van der Waals surface area contributed by atoms with Gasteiger partial charge in [0.05, 0.1) is 11.7 Å². The lowest BCUT2D eigenvalue weighted by molar-refractivity contribution is 0.797. The van der Waals surface area contributed by atoms with E-state index in [1.165, 1.54) is 0 Å². The Balaban J connectivity index is 2.26. The maximum Gasteiger partial charge on any atom is 0.258 e. The number of rotatable bonds is 1. The number of nitrogens with zero attached hydrogens (tertiary/aromatic N) is 3. The molecule has 4 heteroatoms. The van der Waals surface area contributed by atoms with Crippen molar-refractivity contribution in [3.05, 3.63) is 53.1 Å². The van der Waals surface area contributed by atoms with Gasteiger partial charge in [0.15, 0.2) is 0 Å². The predicted molar refractivity (Wildman–Crippen MR) is 71.4 cm³/mol. The third-order valence-electron chi connectivity index (χ3n) is 3.18. The summed E-state index contributed by atoms with van der Waals surface area (Å²) >= 11 is 0. The molecule has 0 amide bonds. The van der Waals surface area contributed by atoms with E-state index < -0.39 is 0 Å². The highest BCUT2D eigenvalue weighted by molar-refractivity contribution is 5.84. The molecule has 0 fully saturated rings. The lowest BCUT2D eigenvalue weighted by atomic mass is 10.1. The lowest BCUT2D eigenvalue weighted by Gasteiger charge is -2.04. The average Bonchev–Trinajstić information content (AvgIpc) is 2.74. The smallest absolute Gasteiger partial charge is 0.258 e. The zero-order chi connectivity index (χ0) is 12.7. The van der Waals surface area contributed by atoms with Gasteiger partial charge in [-0.2, -0.15) is 5.10 Å². The van der Waals surface area contributed by atoms with E-state index in [0.717, 1.165) is 16.5 Å². The molecule has 0 aliphatic carbocycles. The van der Waals surface area contributed by atoms with Crippen molar-refractivity contribution in [2.45, 2.75) is 0 Å². The van der Waals surface area contributed by atoms with E-state index in [9.17, 15) is 4.79 Å². The van der Waals surface area contributed by atoms with Gasteiger partial charge in [-0.3, -0.25) is 9.48 Å². The first-order valence-electron chi connectivity index (χ1n) is 5.74. The van der Waals surface area contributed by atoms with Crippen molar-refractivity contribution >= 4 is 10.9 Å². The molecule has 4 nitrogen and oxygen atoms in total. The lowest BCUT2D eigenvalue weighted by Crippen LogP contribution is -2.17. The van der Waals surface area contributed by atoms with Crippen LogP contribution in [0.1, 0.15) is 0 Å². The van der Waals surface area contributed by atoms with Crippen molar-refractivity contribution in [2.24, 2.45) is 14.1 Å². The highest BCUT2D eigenvalue weighted by atomic mass is 16.1. The van der Waals surface area contributed by atoms with Gasteiger partial charge in [0, 0.05) is 31.2 Å². The summed E-state index contributed by atoms with van der Waals surface area (Å²) in [6, 6.07) is 9.67. The summed E-state index contributed by atoms with van der Waals surface area (Å²) in [6.07, 6.45) is 3.57. The maximum atomic E-state index is 12.1. The highest BCUT2D eigenvalue weighted by Gasteiger charge is 2.06. The van der Waals surface area contributed by atoms with Crippen LogP contribution in [0, 0.1) is 0 Å². The molecule has 0 spiro atoms. The van der Waals surface area contributed by atoms with Crippen LogP contribution in [0.25, 0.3) is 22.0 Å². The first-order valence-corrected chi connectivity index (χ1v) is 5.74. The van der Waals surface area contributed by atoms with Gasteiger partial charge in [0.1, 0.15) is 0 Å². The molecule has 3 rings (SSSR count). The van der Waals surface area contributed by atoms with Crippen LogP contribution in [0.15, 0.2) is 47.5 Å². The van der Waals surface area contributed by atoms with Crippen LogP contribution < -0.4 is 5.56 Å². The van der Waals surface area contributed by atoms with Crippen LogP contribution >= 0.6 is 0 Å². The summed E-state index contributed by atoms with van der Waals surface area (Å²) in [5, 5.41) is 5.25. The minimum Gasteiger partial charge on any atom is -0.318 e. The Morgan fingerprint density at radius 2 is 2.00 bits per heavy atom. The third-order valence-corrected chi connectivity index (χ3v) is 3.18. The molecule has 0 saturated heterocycles. The van der Waals surface area contributed by atoms with Crippen LogP contribution in [-0.4, -0.2) is 14.3 Å². The van der Waals surface area contributed by atoms with E-state index in [1.54, 1.807) is 17.8 Å². The second-order valence-electron chi connectivity index (χ2n) is 4.38. The van der Waals surface area contributed by atoms with Gasteiger partial charge in [0.25, 0.3) is 5.56 Å². The van der Waals surface area contributed by atoms with Gasteiger partial charge < -0.3 is 4.57 Å². The summed E-state index contributed by atoms with van der Waals surface area (Å²) in [5.74, 6) is 0. The fourth-order valence-corrected chi connectivity index (χ4v) is 2.15. The summed E-state index contributed by atoms with van der Waals surface area (Å²) < 4.78 is 3.41. The molecule has 0 atom stereocenters. The molecule has 0 unspecified atom stereocenters. The summed E-state index contributed by atoms with van der Waals surface area (Å²) in [6.45, 7) is 0. The Morgan fingerprint density at radius 3 is 2.83 bits per heavy atom.